The summed E-state index contributed by atoms with van der Waals surface area (Å²) in [5.41, 5.74) is 2.75. The van der Waals surface area contributed by atoms with Gasteiger partial charge in [0, 0.05) is 5.56 Å². The van der Waals surface area contributed by atoms with E-state index in [9.17, 15) is 9.90 Å². The summed E-state index contributed by atoms with van der Waals surface area (Å²) >= 11 is 0. The molecule has 1 aliphatic heterocycles. The molecular formula is C17H13N3O4. The first kappa shape index (κ1) is 14.3. The van der Waals surface area contributed by atoms with Crippen LogP contribution in [-0.2, 0) is 0 Å². The molecule has 0 spiro atoms. The smallest absolute Gasteiger partial charge is 0.358 e. The normalized spacial score (nSPS) is 12.4. The zero-order valence-electron chi connectivity index (χ0n) is 12.8. The van der Waals surface area contributed by atoms with Gasteiger partial charge in [0.15, 0.2) is 17.2 Å². The van der Waals surface area contributed by atoms with Crippen LogP contribution in [0, 0.1) is 6.92 Å². The van der Waals surface area contributed by atoms with Gasteiger partial charge >= 0.3 is 5.97 Å². The average molecular weight is 323 g/mol. The topological polar surface area (TPSA) is 86.5 Å². The SMILES string of the molecule is Cc1ccc(-n2nnc(C(=O)O)c2-c2ccc3c(c2)OCO3)cc1. The van der Waals surface area contributed by atoms with Crippen molar-refractivity contribution in [1.29, 1.82) is 0 Å². The fourth-order valence-electron chi connectivity index (χ4n) is 2.60. The van der Waals surface area contributed by atoms with Gasteiger partial charge in [-0.15, -0.1) is 5.10 Å². The summed E-state index contributed by atoms with van der Waals surface area (Å²) in [6.07, 6.45) is 0. The second kappa shape index (κ2) is 5.38. The summed E-state index contributed by atoms with van der Waals surface area (Å²) in [5.74, 6) is 0.0616. The number of aromatic nitrogens is 3. The van der Waals surface area contributed by atoms with Crippen molar-refractivity contribution < 1.29 is 19.4 Å². The Morgan fingerprint density at radius 2 is 1.88 bits per heavy atom. The number of rotatable bonds is 3. The zero-order valence-corrected chi connectivity index (χ0v) is 12.8. The number of carboxylic acid groups (broad SMARTS) is 1. The van der Waals surface area contributed by atoms with E-state index in [1.54, 1.807) is 18.2 Å². The van der Waals surface area contributed by atoms with E-state index in [4.69, 9.17) is 9.47 Å². The minimum absolute atomic E-state index is 0.116. The molecule has 0 fully saturated rings. The summed E-state index contributed by atoms with van der Waals surface area (Å²) in [5, 5.41) is 17.3. The largest absolute Gasteiger partial charge is 0.476 e. The van der Waals surface area contributed by atoms with Gasteiger partial charge in [-0.25, -0.2) is 9.48 Å². The maximum absolute atomic E-state index is 11.6. The Labute approximate surface area is 137 Å². The van der Waals surface area contributed by atoms with Gasteiger partial charge in [0.1, 0.15) is 5.69 Å². The predicted octanol–water partition coefficient (Wildman–Crippen LogP) is 2.67. The molecule has 0 atom stereocenters. The number of carboxylic acids is 1. The van der Waals surface area contributed by atoms with Crippen molar-refractivity contribution in [3.63, 3.8) is 0 Å². The van der Waals surface area contributed by atoms with Crippen LogP contribution in [0.4, 0.5) is 0 Å². The van der Waals surface area contributed by atoms with Gasteiger partial charge < -0.3 is 14.6 Å². The molecule has 2 heterocycles. The monoisotopic (exact) mass is 323 g/mol. The molecule has 120 valence electrons. The molecule has 0 aliphatic carbocycles. The highest BCUT2D eigenvalue weighted by molar-refractivity contribution is 5.93. The number of fused-ring (bicyclic) bond motifs is 1. The van der Waals surface area contributed by atoms with E-state index >= 15 is 0 Å². The van der Waals surface area contributed by atoms with E-state index < -0.39 is 5.97 Å². The van der Waals surface area contributed by atoms with Gasteiger partial charge in [-0.3, -0.25) is 0 Å². The van der Waals surface area contributed by atoms with Crippen LogP contribution in [0.3, 0.4) is 0 Å². The minimum Gasteiger partial charge on any atom is -0.476 e. The summed E-state index contributed by atoms with van der Waals surface area (Å²) in [6, 6.07) is 12.8. The van der Waals surface area contributed by atoms with Crippen molar-refractivity contribution in [2.45, 2.75) is 6.92 Å². The standard InChI is InChI=1S/C17H13N3O4/c1-10-2-5-12(6-3-10)20-16(15(17(21)22)18-19-20)11-4-7-13-14(8-11)24-9-23-13/h2-8H,9H2,1H3,(H,21,22). The second-order valence-corrected chi connectivity index (χ2v) is 5.41. The molecule has 1 aliphatic rings. The fraction of sp³-hybridized carbons (Fsp3) is 0.118. The van der Waals surface area contributed by atoms with Crippen molar-refractivity contribution in [2.75, 3.05) is 6.79 Å². The maximum atomic E-state index is 11.6. The number of hydrogen-bond donors (Lipinski definition) is 1. The second-order valence-electron chi connectivity index (χ2n) is 5.41. The lowest BCUT2D eigenvalue weighted by atomic mass is 10.1. The average Bonchev–Trinajstić information content (AvgIpc) is 3.21. The Hall–Kier alpha value is -3.35. The first-order valence-corrected chi connectivity index (χ1v) is 7.29. The van der Waals surface area contributed by atoms with Gasteiger partial charge in [0.25, 0.3) is 0 Å². The molecule has 2 aromatic carbocycles. The van der Waals surface area contributed by atoms with Crippen LogP contribution in [0.15, 0.2) is 42.5 Å². The quantitative estimate of drug-likeness (QED) is 0.797. The number of hydrogen-bond acceptors (Lipinski definition) is 5. The minimum atomic E-state index is -1.14. The number of aryl methyl sites for hydroxylation is 1. The highest BCUT2D eigenvalue weighted by Crippen LogP contribution is 2.37. The summed E-state index contributed by atoms with van der Waals surface area (Å²) in [6.45, 7) is 2.13. The van der Waals surface area contributed by atoms with Crippen molar-refractivity contribution in [3.8, 4) is 28.4 Å². The van der Waals surface area contributed by atoms with Crippen molar-refractivity contribution in [2.24, 2.45) is 0 Å². The number of benzene rings is 2. The number of carbonyl (C=O) groups is 1. The predicted molar refractivity (Wildman–Crippen MR) is 84.6 cm³/mol. The van der Waals surface area contributed by atoms with Gasteiger partial charge in [0.05, 0.1) is 5.69 Å². The summed E-state index contributed by atoms with van der Waals surface area (Å²) < 4.78 is 12.2. The lowest BCUT2D eigenvalue weighted by Gasteiger charge is -2.08. The van der Waals surface area contributed by atoms with Gasteiger partial charge in [-0.05, 0) is 37.3 Å². The molecule has 1 aromatic heterocycles. The van der Waals surface area contributed by atoms with Crippen LogP contribution in [0.2, 0.25) is 0 Å². The molecule has 7 heteroatoms. The molecule has 0 saturated heterocycles. The zero-order chi connectivity index (χ0) is 16.7. The van der Waals surface area contributed by atoms with Gasteiger partial charge in [-0.1, -0.05) is 22.9 Å². The van der Waals surface area contributed by atoms with Crippen LogP contribution < -0.4 is 9.47 Å². The van der Waals surface area contributed by atoms with Gasteiger partial charge in [-0.2, -0.15) is 0 Å². The molecule has 24 heavy (non-hydrogen) atoms. The molecule has 7 nitrogen and oxygen atoms in total. The Balaban J connectivity index is 1.91. The number of ether oxygens (including phenoxy) is 2. The lowest BCUT2D eigenvalue weighted by molar-refractivity contribution is 0.0691. The Morgan fingerprint density at radius 1 is 1.12 bits per heavy atom. The molecule has 0 unspecified atom stereocenters. The van der Waals surface area contributed by atoms with Crippen LogP contribution >= 0.6 is 0 Å². The van der Waals surface area contributed by atoms with Crippen LogP contribution in [0.5, 0.6) is 11.5 Å². The molecule has 0 bridgehead atoms. The Morgan fingerprint density at radius 3 is 2.62 bits per heavy atom. The molecule has 3 aromatic rings. The Kier molecular flexibility index (Phi) is 3.19. The van der Waals surface area contributed by atoms with Crippen LogP contribution in [0.25, 0.3) is 16.9 Å². The molecule has 4 rings (SSSR count). The van der Waals surface area contributed by atoms with E-state index in [1.165, 1.54) is 4.68 Å². The van der Waals surface area contributed by atoms with E-state index in [-0.39, 0.29) is 12.5 Å². The molecular weight excluding hydrogens is 310 g/mol. The fourth-order valence-corrected chi connectivity index (χ4v) is 2.60. The van der Waals surface area contributed by atoms with Crippen molar-refractivity contribution in [1.82, 2.24) is 15.0 Å². The molecule has 0 radical (unpaired) electrons. The van der Waals surface area contributed by atoms with E-state index in [1.807, 2.05) is 31.2 Å². The third-order valence-corrected chi connectivity index (χ3v) is 3.80. The van der Waals surface area contributed by atoms with Crippen LogP contribution in [-0.4, -0.2) is 32.9 Å². The Bertz CT molecular complexity index is 932. The third-order valence-electron chi connectivity index (χ3n) is 3.80. The van der Waals surface area contributed by atoms with E-state index in [0.29, 0.717) is 22.8 Å². The van der Waals surface area contributed by atoms with Crippen molar-refractivity contribution >= 4 is 5.97 Å². The molecule has 1 N–H and O–H groups in total. The highest BCUT2D eigenvalue weighted by Gasteiger charge is 2.23. The first-order valence-electron chi connectivity index (χ1n) is 7.29. The maximum Gasteiger partial charge on any atom is 0.358 e. The van der Waals surface area contributed by atoms with Crippen molar-refractivity contribution in [3.05, 3.63) is 53.7 Å². The molecule has 0 amide bonds. The van der Waals surface area contributed by atoms with E-state index in [2.05, 4.69) is 10.3 Å². The molecule has 0 saturated carbocycles. The summed E-state index contributed by atoms with van der Waals surface area (Å²) in [7, 11) is 0. The first-order chi connectivity index (χ1) is 11.6. The van der Waals surface area contributed by atoms with Gasteiger partial charge in [0.2, 0.25) is 6.79 Å². The lowest BCUT2D eigenvalue weighted by Crippen LogP contribution is -2.03. The third kappa shape index (κ3) is 2.26. The summed E-state index contributed by atoms with van der Waals surface area (Å²) in [4.78, 5) is 11.6. The highest BCUT2D eigenvalue weighted by atomic mass is 16.7. The van der Waals surface area contributed by atoms with E-state index in [0.717, 1.165) is 11.3 Å². The van der Waals surface area contributed by atoms with Crippen LogP contribution in [0.1, 0.15) is 16.1 Å². The number of nitrogens with zero attached hydrogens (tertiary/aromatic N) is 3. The number of aromatic carboxylic acids is 1.